The van der Waals surface area contributed by atoms with Crippen molar-refractivity contribution in [2.75, 3.05) is 21.1 Å². The van der Waals surface area contributed by atoms with Gasteiger partial charge in [0.05, 0.1) is 5.52 Å². The van der Waals surface area contributed by atoms with E-state index in [1.165, 1.54) is 0 Å². The maximum absolute atomic E-state index is 12.0. The summed E-state index contributed by atoms with van der Waals surface area (Å²) in [6, 6.07) is 17.0. The number of H-pyrrole nitrogens is 1. The van der Waals surface area contributed by atoms with Crippen LogP contribution in [0, 0.1) is 0 Å². The highest BCUT2D eigenvalue weighted by molar-refractivity contribution is 5.94. The maximum atomic E-state index is 12.0. The number of carbonyl (C=O) groups is 1. The molecular formula is C23H23N5O2. The molecule has 0 saturated heterocycles. The van der Waals surface area contributed by atoms with Crippen molar-refractivity contribution < 1.29 is 9.53 Å². The maximum Gasteiger partial charge on any atom is 0.251 e. The molecule has 2 aromatic carbocycles. The van der Waals surface area contributed by atoms with Crippen molar-refractivity contribution in [2.45, 2.75) is 6.54 Å². The predicted molar refractivity (Wildman–Crippen MR) is 117 cm³/mol. The molecule has 0 aliphatic carbocycles. The van der Waals surface area contributed by atoms with Crippen LogP contribution in [0.5, 0.6) is 11.5 Å². The van der Waals surface area contributed by atoms with Crippen molar-refractivity contribution in [3.05, 3.63) is 71.9 Å². The van der Waals surface area contributed by atoms with Crippen LogP contribution in [-0.2, 0) is 6.54 Å². The molecule has 7 heteroatoms. The summed E-state index contributed by atoms with van der Waals surface area (Å²) in [6.45, 7) is 0.715. The summed E-state index contributed by atoms with van der Waals surface area (Å²) in [4.78, 5) is 26.2. The number of aromatic nitrogens is 3. The van der Waals surface area contributed by atoms with Gasteiger partial charge in [0.15, 0.2) is 5.65 Å². The minimum atomic E-state index is -0.155. The van der Waals surface area contributed by atoms with Gasteiger partial charge >= 0.3 is 0 Å². The van der Waals surface area contributed by atoms with Gasteiger partial charge in [0.25, 0.3) is 5.91 Å². The van der Waals surface area contributed by atoms with E-state index in [1.54, 1.807) is 31.4 Å². The molecule has 4 rings (SSSR count). The van der Waals surface area contributed by atoms with E-state index in [0.29, 0.717) is 29.3 Å². The number of ether oxygens (including phenoxy) is 1. The molecule has 30 heavy (non-hydrogen) atoms. The van der Waals surface area contributed by atoms with Gasteiger partial charge in [-0.05, 0) is 50.5 Å². The number of hydrogen-bond acceptors (Lipinski definition) is 5. The zero-order chi connectivity index (χ0) is 21.1. The van der Waals surface area contributed by atoms with Gasteiger partial charge in [0.1, 0.15) is 17.3 Å². The number of pyridine rings is 1. The number of nitrogens with one attached hydrogen (secondary N) is 2. The fourth-order valence-corrected chi connectivity index (χ4v) is 3.22. The summed E-state index contributed by atoms with van der Waals surface area (Å²) in [5.41, 5.74) is 4.02. The first kappa shape index (κ1) is 19.6. The van der Waals surface area contributed by atoms with Gasteiger partial charge in [0.2, 0.25) is 0 Å². The Hall–Kier alpha value is -3.71. The average Bonchev–Trinajstić information content (AvgIpc) is 3.18. The first-order chi connectivity index (χ1) is 14.5. The lowest BCUT2D eigenvalue weighted by molar-refractivity contribution is 0.0963. The Morgan fingerprint density at radius 2 is 2.00 bits per heavy atom. The lowest BCUT2D eigenvalue weighted by atomic mass is 10.1. The molecule has 0 aliphatic heterocycles. The molecule has 0 bridgehead atoms. The third-order valence-electron chi connectivity index (χ3n) is 4.64. The van der Waals surface area contributed by atoms with Crippen LogP contribution in [0.25, 0.3) is 22.6 Å². The van der Waals surface area contributed by atoms with E-state index in [1.807, 2.05) is 50.5 Å². The molecule has 7 nitrogen and oxygen atoms in total. The first-order valence-corrected chi connectivity index (χ1v) is 9.62. The van der Waals surface area contributed by atoms with E-state index in [0.717, 1.165) is 22.5 Å². The average molecular weight is 401 g/mol. The number of aromatic amines is 1. The van der Waals surface area contributed by atoms with E-state index < -0.39 is 0 Å². The number of amides is 1. The van der Waals surface area contributed by atoms with Crippen LogP contribution >= 0.6 is 0 Å². The van der Waals surface area contributed by atoms with Gasteiger partial charge in [-0.1, -0.05) is 18.2 Å². The Bertz CT molecular complexity index is 1170. The minimum absolute atomic E-state index is 0.155. The number of fused-ring (bicyclic) bond motifs is 1. The molecule has 2 heterocycles. The highest BCUT2D eigenvalue weighted by atomic mass is 16.5. The Morgan fingerprint density at radius 3 is 2.77 bits per heavy atom. The van der Waals surface area contributed by atoms with Crippen molar-refractivity contribution >= 4 is 17.1 Å². The van der Waals surface area contributed by atoms with Crippen LogP contribution in [0.2, 0.25) is 0 Å². The largest absolute Gasteiger partial charge is 0.457 e. The molecule has 0 spiro atoms. The molecule has 4 aromatic rings. The van der Waals surface area contributed by atoms with Crippen molar-refractivity contribution in [1.29, 1.82) is 0 Å². The topological polar surface area (TPSA) is 83.1 Å². The molecule has 0 aliphatic rings. The molecule has 0 fully saturated rings. The van der Waals surface area contributed by atoms with Crippen LogP contribution in [0.4, 0.5) is 0 Å². The number of rotatable bonds is 6. The van der Waals surface area contributed by atoms with Crippen LogP contribution in [0.3, 0.4) is 0 Å². The molecule has 152 valence electrons. The Labute approximate surface area is 174 Å². The second-order valence-electron chi connectivity index (χ2n) is 7.23. The zero-order valence-corrected chi connectivity index (χ0v) is 17.1. The van der Waals surface area contributed by atoms with Gasteiger partial charge in [-0.3, -0.25) is 4.79 Å². The standard InChI is InChI=1S/C23H23N5O2/c1-24-23(29)16-6-4-7-18(12-16)30-20-13-15(9-10-17(20)14-28(2)3)21-26-19-8-5-11-25-22(19)27-21/h4-13H,14H2,1-3H3,(H,24,29)(H,25,26,27). The molecule has 2 N–H and O–H groups in total. The van der Waals surface area contributed by atoms with Crippen LogP contribution < -0.4 is 10.1 Å². The molecule has 0 atom stereocenters. The van der Waals surface area contributed by atoms with E-state index in [-0.39, 0.29) is 5.91 Å². The van der Waals surface area contributed by atoms with Crippen LogP contribution in [0.15, 0.2) is 60.8 Å². The summed E-state index contributed by atoms with van der Waals surface area (Å²) in [6.07, 6.45) is 1.72. The predicted octanol–water partition coefficient (Wildman–Crippen LogP) is 3.84. The van der Waals surface area contributed by atoms with Gasteiger partial charge in [0, 0.05) is 36.5 Å². The second kappa shape index (κ2) is 8.34. The van der Waals surface area contributed by atoms with Crippen LogP contribution in [-0.4, -0.2) is 46.9 Å². The number of imidazole rings is 1. The van der Waals surface area contributed by atoms with Crippen molar-refractivity contribution in [2.24, 2.45) is 0 Å². The van der Waals surface area contributed by atoms with E-state index in [9.17, 15) is 4.79 Å². The highest BCUT2D eigenvalue weighted by Gasteiger charge is 2.13. The van der Waals surface area contributed by atoms with Gasteiger partial charge < -0.3 is 19.9 Å². The monoisotopic (exact) mass is 401 g/mol. The molecule has 1 amide bonds. The number of hydrogen-bond donors (Lipinski definition) is 2. The lowest BCUT2D eigenvalue weighted by Crippen LogP contribution is -2.17. The molecular weight excluding hydrogens is 378 g/mol. The van der Waals surface area contributed by atoms with Crippen molar-refractivity contribution in [3.8, 4) is 22.9 Å². The number of benzene rings is 2. The number of nitrogens with zero attached hydrogens (tertiary/aromatic N) is 3. The normalized spacial score (nSPS) is 11.1. The van der Waals surface area contributed by atoms with Crippen molar-refractivity contribution in [1.82, 2.24) is 25.2 Å². The summed E-state index contributed by atoms with van der Waals surface area (Å²) < 4.78 is 6.22. The van der Waals surface area contributed by atoms with E-state index in [2.05, 4.69) is 25.2 Å². The summed E-state index contributed by atoms with van der Waals surface area (Å²) >= 11 is 0. The second-order valence-corrected chi connectivity index (χ2v) is 7.23. The Balaban J connectivity index is 1.72. The summed E-state index contributed by atoms with van der Waals surface area (Å²) in [5, 5.41) is 2.63. The number of carbonyl (C=O) groups excluding carboxylic acids is 1. The third kappa shape index (κ3) is 4.16. The zero-order valence-electron chi connectivity index (χ0n) is 17.1. The third-order valence-corrected chi connectivity index (χ3v) is 4.64. The van der Waals surface area contributed by atoms with Gasteiger partial charge in [-0.15, -0.1) is 0 Å². The van der Waals surface area contributed by atoms with Gasteiger partial charge in [-0.25, -0.2) is 9.97 Å². The minimum Gasteiger partial charge on any atom is -0.457 e. The molecule has 0 radical (unpaired) electrons. The Kier molecular flexibility index (Phi) is 5.45. The summed E-state index contributed by atoms with van der Waals surface area (Å²) in [7, 11) is 5.63. The van der Waals surface area contributed by atoms with Crippen LogP contribution in [0.1, 0.15) is 15.9 Å². The molecule has 2 aromatic heterocycles. The van der Waals surface area contributed by atoms with Gasteiger partial charge in [-0.2, -0.15) is 0 Å². The summed E-state index contributed by atoms with van der Waals surface area (Å²) in [5.74, 6) is 1.88. The van der Waals surface area contributed by atoms with Crippen molar-refractivity contribution in [3.63, 3.8) is 0 Å². The lowest BCUT2D eigenvalue weighted by Gasteiger charge is -2.16. The van der Waals surface area contributed by atoms with E-state index >= 15 is 0 Å². The highest BCUT2D eigenvalue weighted by Crippen LogP contribution is 2.31. The Morgan fingerprint density at radius 1 is 1.13 bits per heavy atom. The first-order valence-electron chi connectivity index (χ1n) is 9.62. The molecule has 0 unspecified atom stereocenters. The quantitative estimate of drug-likeness (QED) is 0.513. The van der Waals surface area contributed by atoms with E-state index in [4.69, 9.17) is 4.74 Å². The molecule has 0 saturated carbocycles. The fraction of sp³-hybridized carbons (Fsp3) is 0.174. The fourth-order valence-electron chi connectivity index (χ4n) is 3.22. The SMILES string of the molecule is CNC(=O)c1cccc(Oc2cc(-c3nc4ncccc4[nH]3)ccc2CN(C)C)c1. The smallest absolute Gasteiger partial charge is 0.251 e.